The third kappa shape index (κ3) is 10.2. The average molecular weight is 216 g/mol. The highest BCUT2D eigenvalue weighted by atomic mass is 16.5. The molecular weight excluding hydrogens is 188 g/mol. The Balaban J connectivity index is 3.59. The summed E-state index contributed by atoms with van der Waals surface area (Å²) < 4.78 is 5.12. The molecule has 0 aromatic heterocycles. The summed E-state index contributed by atoms with van der Waals surface area (Å²) in [5.41, 5.74) is 0. The molecular formula is C12H28N2O. The van der Waals surface area contributed by atoms with Gasteiger partial charge in [0.15, 0.2) is 0 Å². The van der Waals surface area contributed by atoms with Gasteiger partial charge in [-0.25, -0.2) is 0 Å². The summed E-state index contributed by atoms with van der Waals surface area (Å²) >= 11 is 0. The number of nitrogens with zero attached hydrogens (tertiary/aromatic N) is 1. The van der Waals surface area contributed by atoms with Gasteiger partial charge in [-0.05, 0) is 18.9 Å². The molecule has 0 aliphatic rings. The van der Waals surface area contributed by atoms with E-state index >= 15 is 0 Å². The molecule has 0 saturated carbocycles. The van der Waals surface area contributed by atoms with Crippen LogP contribution in [0.4, 0.5) is 0 Å². The van der Waals surface area contributed by atoms with E-state index in [9.17, 15) is 0 Å². The Labute approximate surface area is 95.2 Å². The number of rotatable bonds is 10. The highest BCUT2D eigenvalue weighted by Crippen LogP contribution is 1.97. The first kappa shape index (κ1) is 14.9. The zero-order chi connectivity index (χ0) is 11.5. The minimum atomic E-state index is 0.730. The van der Waals surface area contributed by atoms with Crippen LogP contribution in [0.15, 0.2) is 0 Å². The summed E-state index contributed by atoms with van der Waals surface area (Å²) in [6.45, 7) is 13.1. The van der Waals surface area contributed by atoms with Gasteiger partial charge < -0.3 is 10.1 Å². The molecule has 0 aromatic carbocycles. The van der Waals surface area contributed by atoms with Crippen LogP contribution in [0, 0.1) is 5.92 Å². The van der Waals surface area contributed by atoms with E-state index in [2.05, 4.69) is 31.0 Å². The summed E-state index contributed by atoms with van der Waals surface area (Å²) in [6.07, 6.45) is 1.21. The van der Waals surface area contributed by atoms with Crippen LogP contribution in [-0.2, 0) is 4.74 Å². The highest BCUT2D eigenvalue weighted by molar-refractivity contribution is 4.61. The molecule has 0 bridgehead atoms. The van der Waals surface area contributed by atoms with Gasteiger partial charge in [-0.15, -0.1) is 0 Å². The second-order valence-electron chi connectivity index (χ2n) is 4.44. The van der Waals surface area contributed by atoms with Crippen LogP contribution < -0.4 is 5.32 Å². The van der Waals surface area contributed by atoms with Gasteiger partial charge in [-0.2, -0.15) is 0 Å². The first-order valence-corrected chi connectivity index (χ1v) is 6.12. The first-order valence-electron chi connectivity index (χ1n) is 6.12. The molecule has 1 N–H and O–H groups in total. The van der Waals surface area contributed by atoms with Crippen LogP contribution in [0.2, 0.25) is 0 Å². The molecule has 0 radical (unpaired) electrons. The predicted molar refractivity (Wildman–Crippen MR) is 66.3 cm³/mol. The first-order chi connectivity index (χ1) is 7.20. The fourth-order valence-corrected chi connectivity index (χ4v) is 1.57. The van der Waals surface area contributed by atoms with E-state index in [4.69, 9.17) is 4.74 Å². The molecule has 0 atom stereocenters. The van der Waals surface area contributed by atoms with Crippen molar-refractivity contribution in [3.8, 4) is 0 Å². The summed E-state index contributed by atoms with van der Waals surface area (Å²) in [5.74, 6) is 0.730. The lowest BCUT2D eigenvalue weighted by molar-refractivity contribution is 0.140. The van der Waals surface area contributed by atoms with Crippen molar-refractivity contribution < 1.29 is 4.74 Å². The molecule has 0 heterocycles. The summed E-state index contributed by atoms with van der Waals surface area (Å²) in [7, 11) is 1.77. The Hall–Kier alpha value is -0.120. The lowest BCUT2D eigenvalue weighted by Crippen LogP contribution is -2.36. The number of ether oxygens (including phenoxy) is 1. The number of nitrogens with one attached hydrogen (secondary N) is 1. The Morgan fingerprint density at radius 1 is 1.20 bits per heavy atom. The van der Waals surface area contributed by atoms with Gasteiger partial charge in [-0.1, -0.05) is 20.8 Å². The van der Waals surface area contributed by atoms with Gasteiger partial charge in [0.05, 0.1) is 6.61 Å². The fraction of sp³-hybridized carbons (Fsp3) is 1.00. The second-order valence-corrected chi connectivity index (χ2v) is 4.44. The minimum absolute atomic E-state index is 0.730. The van der Waals surface area contributed by atoms with E-state index < -0.39 is 0 Å². The fourth-order valence-electron chi connectivity index (χ4n) is 1.57. The SMILES string of the molecule is CCCNCCN(CCOC)CC(C)C. The van der Waals surface area contributed by atoms with Crippen molar-refractivity contribution in [1.29, 1.82) is 0 Å². The molecule has 0 aliphatic heterocycles. The zero-order valence-corrected chi connectivity index (χ0v) is 10.9. The van der Waals surface area contributed by atoms with E-state index in [-0.39, 0.29) is 0 Å². The van der Waals surface area contributed by atoms with Gasteiger partial charge >= 0.3 is 0 Å². The molecule has 3 nitrogen and oxygen atoms in total. The molecule has 92 valence electrons. The van der Waals surface area contributed by atoms with E-state index in [1.807, 2.05) is 0 Å². The monoisotopic (exact) mass is 216 g/mol. The molecule has 0 aromatic rings. The summed E-state index contributed by atoms with van der Waals surface area (Å²) in [6, 6.07) is 0. The van der Waals surface area contributed by atoms with Crippen molar-refractivity contribution in [2.45, 2.75) is 27.2 Å². The zero-order valence-electron chi connectivity index (χ0n) is 10.9. The lowest BCUT2D eigenvalue weighted by Gasteiger charge is -2.23. The maximum Gasteiger partial charge on any atom is 0.0589 e. The van der Waals surface area contributed by atoms with Gasteiger partial charge in [0, 0.05) is 33.3 Å². The molecule has 3 heteroatoms. The minimum Gasteiger partial charge on any atom is -0.383 e. The molecule has 0 amide bonds. The van der Waals surface area contributed by atoms with Gasteiger partial charge in [0.1, 0.15) is 0 Å². The topological polar surface area (TPSA) is 24.5 Å². The van der Waals surface area contributed by atoms with Crippen molar-refractivity contribution in [2.75, 3.05) is 46.4 Å². The molecule has 0 rings (SSSR count). The number of hydrogen-bond donors (Lipinski definition) is 1. The van der Waals surface area contributed by atoms with Crippen molar-refractivity contribution in [3.63, 3.8) is 0 Å². The third-order valence-electron chi connectivity index (χ3n) is 2.27. The molecule has 0 unspecified atom stereocenters. The number of hydrogen-bond acceptors (Lipinski definition) is 3. The third-order valence-corrected chi connectivity index (χ3v) is 2.27. The lowest BCUT2D eigenvalue weighted by atomic mass is 10.2. The molecule has 0 spiro atoms. The normalized spacial score (nSPS) is 11.6. The van der Waals surface area contributed by atoms with Gasteiger partial charge in [0.25, 0.3) is 0 Å². The quantitative estimate of drug-likeness (QED) is 0.561. The van der Waals surface area contributed by atoms with Crippen LogP contribution in [0.3, 0.4) is 0 Å². The van der Waals surface area contributed by atoms with E-state index in [1.54, 1.807) is 7.11 Å². The molecule has 0 saturated heterocycles. The highest BCUT2D eigenvalue weighted by Gasteiger charge is 2.06. The van der Waals surface area contributed by atoms with E-state index in [0.717, 1.165) is 45.2 Å². The van der Waals surface area contributed by atoms with Crippen LogP contribution in [0.5, 0.6) is 0 Å². The Kier molecular flexibility index (Phi) is 10.3. The Morgan fingerprint density at radius 2 is 1.93 bits per heavy atom. The van der Waals surface area contributed by atoms with Crippen LogP contribution >= 0.6 is 0 Å². The van der Waals surface area contributed by atoms with Crippen molar-refractivity contribution in [1.82, 2.24) is 10.2 Å². The van der Waals surface area contributed by atoms with Crippen LogP contribution in [0.25, 0.3) is 0 Å². The van der Waals surface area contributed by atoms with Gasteiger partial charge in [0.2, 0.25) is 0 Å². The standard InChI is InChI=1S/C12H28N2O/c1-5-6-13-7-8-14(9-10-15-4)11-12(2)3/h12-13H,5-11H2,1-4H3. The smallest absolute Gasteiger partial charge is 0.0589 e. The summed E-state index contributed by atoms with van der Waals surface area (Å²) in [5, 5.41) is 3.43. The predicted octanol–water partition coefficient (Wildman–Crippen LogP) is 1.59. The maximum atomic E-state index is 5.12. The Bertz CT molecular complexity index is 129. The maximum absolute atomic E-state index is 5.12. The van der Waals surface area contributed by atoms with Crippen molar-refractivity contribution in [2.24, 2.45) is 5.92 Å². The van der Waals surface area contributed by atoms with Crippen LogP contribution in [0.1, 0.15) is 27.2 Å². The molecule has 0 fully saturated rings. The van der Waals surface area contributed by atoms with Gasteiger partial charge in [-0.3, -0.25) is 4.90 Å². The van der Waals surface area contributed by atoms with Crippen LogP contribution in [-0.4, -0.2) is 51.3 Å². The van der Waals surface area contributed by atoms with E-state index in [1.165, 1.54) is 6.42 Å². The Morgan fingerprint density at radius 3 is 2.47 bits per heavy atom. The second kappa shape index (κ2) is 10.4. The van der Waals surface area contributed by atoms with E-state index in [0.29, 0.717) is 0 Å². The largest absolute Gasteiger partial charge is 0.383 e. The van der Waals surface area contributed by atoms with Crippen molar-refractivity contribution >= 4 is 0 Å². The van der Waals surface area contributed by atoms with Crippen molar-refractivity contribution in [3.05, 3.63) is 0 Å². The molecule has 15 heavy (non-hydrogen) atoms. The summed E-state index contributed by atoms with van der Waals surface area (Å²) in [4.78, 5) is 2.47. The molecule has 0 aliphatic carbocycles. The number of methoxy groups -OCH3 is 1. The average Bonchev–Trinajstić information content (AvgIpc) is 2.19.